The van der Waals surface area contributed by atoms with Crippen LogP contribution in [0, 0.1) is 0 Å². The molecule has 0 heterocycles. The highest BCUT2D eigenvalue weighted by atomic mass is 16.5. The molecule has 0 spiro atoms. The molecule has 0 aliphatic carbocycles. The van der Waals surface area contributed by atoms with Crippen molar-refractivity contribution < 1.29 is 9.47 Å². The number of hydrogen-bond acceptors (Lipinski definition) is 3. The van der Waals surface area contributed by atoms with Gasteiger partial charge >= 0.3 is 0 Å². The summed E-state index contributed by atoms with van der Waals surface area (Å²) in [4.78, 5) is 0. The fraction of sp³-hybridized carbons (Fsp3) is 1.00. The Morgan fingerprint density at radius 2 is 2.10 bits per heavy atom. The van der Waals surface area contributed by atoms with Crippen LogP contribution in [-0.2, 0) is 9.47 Å². The molecule has 0 rings (SSSR count). The molecule has 0 saturated carbocycles. The average molecular weight is 147 g/mol. The third kappa shape index (κ3) is 6.01. The van der Waals surface area contributed by atoms with E-state index in [9.17, 15) is 0 Å². The number of hydrogen-bond donors (Lipinski definition) is 1. The van der Waals surface area contributed by atoms with Gasteiger partial charge in [0.2, 0.25) is 0 Å². The summed E-state index contributed by atoms with van der Waals surface area (Å²) in [5, 5.41) is 0. The molecule has 0 aromatic heterocycles. The Morgan fingerprint density at radius 3 is 2.60 bits per heavy atom. The second-order valence-electron chi connectivity index (χ2n) is 2.26. The lowest BCUT2D eigenvalue weighted by atomic mass is 10.4. The fourth-order valence-electron chi connectivity index (χ4n) is 0.556. The van der Waals surface area contributed by atoms with Crippen molar-refractivity contribution in [3.8, 4) is 0 Å². The Morgan fingerprint density at radius 1 is 1.40 bits per heavy atom. The molecule has 0 fully saturated rings. The molecule has 0 aliphatic rings. The third-order valence-corrected chi connectivity index (χ3v) is 1.23. The Balaban J connectivity index is 2.89. The van der Waals surface area contributed by atoms with E-state index in [1.54, 1.807) is 7.11 Å². The first-order valence-corrected chi connectivity index (χ1v) is 3.62. The molecule has 0 aliphatic heterocycles. The smallest absolute Gasteiger partial charge is 0.0669 e. The van der Waals surface area contributed by atoms with E-state index in [0.717, 1.165) is 19.6 Å². The topological polar surface area (TPSA) is 44.5 Å². The lowest BCUT2D eigenvalue weighted by Gasteiger charge is -2.09. The molecule has 1 unspecified atom stereocenters. The van der Waals surface area contributed by atoms with Gasteiger partial charge in [-0.15, -0.1) is 0 Å². The average Bonchev–Trinajstić information content (AvgIpc) is 1.98. The Kier molecular flexibility index (Phi) is 6.91. The van der Waals surface area contributed by atoms with E-state index in [1.165, 1.54) is 0 Å². The van der Waals surface area contributed by atoms with Crippen LogP contribution < -0.4 is 5.73 Å². The van der Waals surface area contributed by atoms with Crippen molar-refractivity contribution in [2.45, 2.75) is 19.4 Å². The van der Waals surface area contributed by atoms with E-state index < -0.39 is 0 Å². The van der Waals surface area contributed by atoms with Crippen molar-refractivity contribution in [1.82, 2.24) is 0 Å². The SMILES string of the molecule is COCCCOC(C)CN. The van der Waals surface area contributed by atoms with Crippen molar-refractivity contribution in [1.29, 1.82) is 0 Å². The molecular weight excluding hydrogens is 130 g/mol. The highest BCUT2D eigenvalue weighted by Gasteiger charge is 1.96. The minimum absolute atomic E-state index is 0.178. The normalized spacial score (nSPS) is 13.5. The van der Waals surface area contributed by atoms with E-state index in [1.807, 2.05) is 6.92 Å². The first kappa shape index (κ1) is 9.88. The molecule has 0 aromatic carbocycles. The van der Waals surface area contributed by atoms with Gasteiger partial charge in [-0.25, -0.2) is 0 Å². The largest absolute Gasteiger partial charge is 0.385 e. The molecule has 62 valence electrons. The summed E-state index contributed by atoms with van der Waals surface area (Å²) in [6.07, 6.45) is 1.12. The van der Waals surface area contributed by atoms with Crippen molar-refractivity contribution in [3.05, 3.63) is 0 Å². The summed E-state index contributed by atoms with van der Waals surface area (Å²) < 4.78 is 10.1. The van der Waals surface area contributed by atoms with E-state index in [0.29, 0.717) is 6.54 Å². The van der Waals surface area contributed by atoms with E-state index >= 15 is 0 Å². The maximum atomic E-state index is 5.33. The van der Waals surface area contributed by atoms with Crippen molar-refractivity contribution in [2.75, 3.05) is 26.9 Å². The molecule has 3 nitrogen and oxygen atoms in total. The molecule has 0 aromatic rings. The van der Waals surface area contributed by atoms with Gasteiger partial charge in [-0.05, 0) is 13.3 Å². The van der Waals surface area contributed by atoms with Gasteiger partial charge in [0.25, 0.3) is 0 Å². The Labute approximate surface area is 62.5 Å². The molecule has 0 bridgehead atoms. The Hall–Kier alpha value is -0.120. The summed E-state index contributed by atoms with van der Waals surface area (Å²) >= 11 is 0. The first-order chi connectivity index (χ1) is 4.81. The van der Waals surface area contributed by atoms with Gasteiger partial charge in [-0.3, -0.25) is 0 Å². The minimum atomic E-state index is 0.178. The van der Waals surface area contributed by atoms with Crippen molar-refractivity contribution in [2.24, 2.45) is 5.73 Å². The van der Waals surface area contributed by atoms with E-state index in [2.05, 4.69) is 0 Å². The van der Waals surface area contributed by atoms with Gasteiger partial charge in [-0.2, -0.15) is 0 Å². The van der Waals surface area contributed by atoms with Gasteiger partial charge in [0.15, 0.2) is 0 Å². The molecule has 0 radical (unpaired) electrons. The zero-order valence-electron chi connectivity index (χ0n) is 6.80. The monoisotopic (exact) mass is 147 g/mol. The molecule has 0 saturated heterocycles. The molecule has 1 atom stereocenters. The van der Waals surface area contributed by atoms with Crippen LogP contribution in [0.25, 0.3) is 0 Å². The summed E-state index contributed by atoms with van der Waals surface area (Å²) in [6, 6.07) is 0. The van der Waals surface area contributed by atoms with Gasteiger partial charge in [0.05, 0.1) is 6.10 Å². The third-order valence-electron chi connectivity index (χ3n) is 1.23. The van der Waals surface area contributed by atoms with Crippen LogP contribution in [0.2, 0.25) is 0 Å². The van der Waals surface area contributed by atoms with Gasteiger partial charge < -0.3 is 15.2 Å². The zero-order chi connectivity index (χ0) is 7.82. The highest BCUT2D eigenvalue weighted by Crippen LogP contribution is 1.89. The lowest BCUT2D eigenvalue weighted by molar-refractivity contribution is 0.0553. The highest BCUT2D eigenvalue weighted by molar-refractivity contribution is 4.47. The minimum Gasteiger partial charge on any atom is -0.385 e. The number of methoxy groups -OCH3 is 1. The van der Waals surface area contributed by atoms with Crippen LogP contribution in [-0.4, -0.2) is 33.0 Å². The fourth-order valence-corrected chi connectivity index (χ4v) is 0.556. The summed E-state index contributed by atoms with van der Waals surface area (Å²) in [5.74, 6) is 0. The van der Waals surface area contributed by atoms with Crippen LogP contribution >= 0.6 is 0 Å². The van der Waals surface area contributed by atoms with Crippen molar-refractivity contribution >= 4 is 0 Å². The van der Waals surface area contributed by atoms with E-state index in [4.69, 9.17) is 15.2 Å². The number of rotatable bonds is 6. The van der Waals surface area contributed by atoms with Crippen LogP contribution in [0.5, 0.6) is 0 Å². The molecule has 3 heteroatoms. The van der Waals surface area contributed by atoms with Gasteiger partial charge in [0, 0.05) is 26.9 Å². The quantitative estimate of drug-likeness (QED) is 0.553. The summed E-state index contributed by atoms with van der Waals surface area (Å²) in [7, 11) is 1.69. The molecular formula is C7H17NO2. The first-order valence-electron chi connectivity index (χ1n) is 3.62. The van der Waals surface area contributed by atoms with Crippen molar-refractivity contribution in [3.63, 3.8) is 0 Å². The standard InChI is InChI=1S/C7H17NO2/c1-7(6-8)10-5-3-4-9-2/h7H,3-6,8H2,1-2H3. The lowest BCUT2D eigenvalue weighted by Crippen LogP contribution is -2.20. The summed E-state index contributed by atoms with van der Waals surface area (Å²) in [5.41, 5.74) is 5.33. The second kappa shape index (κ2) is 6.99. The maximum absolute atomic E-state index is 5.33. The van der Waals surface area contributed by atoms with Crippen LogP contribution in [0.15, 0.2) is 0 Å². The van der Waals surface area contributed by atoms with Gasteiger partial charge in [-0.1, -0.05) is 0 Å². The second-order valence-corrected chi connectivity index (χ2v) is 2.26. The van der Waals surface area contributed by atoms with Crippen LogP contribution in [0.4, 0.5) is 0 Å². The molecule has 2 N–H and O–H groups in total. The Bertz CT molecular complexity index is 68.6. The molecule has 10 heavy (non-hydrogen) atoms. The van der Waals surface area contributed by atoms with Crippen LogP contribution in [0.1, 0.15) is 13.3 Å². The zero-order valence-corrected chi connectivity index (χ0v) is 6.80. The maximum Gasteiger partial charge on any atom is 0.0669 e. The predicted molar refractivity (Wildman–Crippen MR) is 41.0 cm³/mol. The number of ether oxygens (including phenoxy) is 2. The number of nitrogens with two attached hydrogens (primary N) is 1. The summed E-state index contributed by atoms with van der Waals surface area (Å²) in [6.45, 7) is 4.06. The molecule has 0 amide bonds. The van der Waals surface area contributed by atoms with Crippen LogP contribution in [0.3, 0.4) is 0 Å². The van der Waals surface area contributed by atoms with E-state index in [-0.39, 0.29) is 6.10 Å². The van der Waals surface area contributed by atoms with Gasteiger partial charge in [0.1, 0.15) is 0 Å². The predicted octanol–water partition coefficient (Wildman–Crippen LogP) is 0.387.